The highest BCUT2D eigenvalue weighted by Gasteiger charge is 2.29. The van der Waals surface area contributed by atoms with Crippen LogP contribution < -0.4 is 11.2 Å². The summed E-state index contributed by atoms with van der Waals surface area (Å²) in [7, 11) is 3.00. The lowest BCUT2D eigenvalue weighted by molar-refractivity contribution is -0.126. The van der Waals surface area contributed by atoms with E-state index < -0.39 is 11.2 Å². The first-order valence-electron chi connectivity index (χ1n) is 9.33. The molecule has 8 nitrogen and oxygen atoms in total. The van der Waals surface area contributed by atoms with Crippen molar-refractivity contribution in [3.8, 4) is 0 Å². The highest BCUT2D eigenvalue weighted by molar-refractivity contribution is 8.00. The third-order valence-corrected chi connectivity index (χ3v) is 6.34. The Bertz CT molecular complexity index is 1260. The third-order valence-electron chi connectivity index (χ3n) is 5.13. The number of carbonyl (C=O) groups excluding carboxylic acids is 1. The van der Waals surface area contributed by atoms with E-state index in [-0.39, 0.29) is 17.1 Å². The summed E-state index contributed by atoms with van der Waals surface area (Å²) in [4.78, 5) is 43.4. The molecule has 0 N–H and O–H groups in total. The van der Waals surface area contributed by atoms with E-state index in [4.69, 9.17) is 0 Å². The molecule has 4 rings (SSSR count). The average Bonchev–Trinajstić information content (AvgIpc) is 3.37. The van der Waals surface area contributed by atoms with Crippen LogP contribution in [0.2, 0.25) is 0 Å². The van der Waals surface area contributed by atoms with Gasteiger partial charge in [-0.3, -0.25) is 18.7 Å². The minimum atomic E-state index is -0.435. The van der Waals surface area contributed by atoms with E-state index in [9.17, 15) is 18.8 Å². The van der Waals surface area contributed by atoms with Gasteiger partial charge in [0.05, 0.1) is 18.2 Å². The van der Waals surface area contributed by atoms with E-state index in [2.05, 4.69) is 4.98 Å². The lowest BCUT2D eigenvalue weighted by Gasteiger charge is -2.23. The van der Waals surface area contributed by atoms with E-state index in [0.717, 1.165) is 15.9 Å². The molecule has 1 amide bonds. The van der Waals surface area contributed by atoms with Gasteiger partial charge in [0.15, 0.2) is 11.2 Å². The molecule has 0 bridgehead atoms. The first-order chi connectivity index (χ1) is 14.4. The number of nitrogens with zero attached hydrogens (tertiary/aromatic N) is 5. The monoisotopic (exact) mass is 429 g/mol. The first-order valence-corrected chi connectivity index (χ1v) is 10.4. The van der Waals surface area contributed by atoms with Gasteiger partial charge in [-0.05, 0) is 23.8 Å². The maximum absolute atomic E-state index is 13.0. The summed E-state index contributed by atoms with van der Waals surface area (Å²) in [5.41, 5.74) is 0.540. The van der Waals surface area contributed by atoms with Crippen LogP contribution >= 0.6 is 11.8 Å². The van der Waals surface area contributed by atoms with E-state index in [1.54, 1.807) is 46.5 Å². The number of rotatable bonds is 4. The van der Waals surface area contributed by atoms with Gasteiger partial charge in [-0.15, -0.1) is 11.8 Å². The van der Waals surface area contributed by atoms with Crippen LogP contribution in [0.5, 0.6) is 0 Å². The number of fused-ring (bicyclic) bond motifs is 1. The number of imidazole rings is 1. The van der Waals surface area contributed by atoms with Crippen molar-refractivity contribution in [3.05, 3.63) is 68.9 Å². The Balaban J connectivity index is 1.57. The predicted molar refractivity (Wildman–Crippen MR) is 114 cm³/mol. The SMILES string of the molecule is Cn1c(=O)c2c(ncn2CC2SCCN2C(=O)C=Cc2ccc(F)cc2)n(C)c1=O. The molecule has 3 heterocycles. The average molecular weight is 429 g/mol. The molecule has 156 valence electrons. The predicted octanol–water partition coefficient (Wildman–Crippen LogP) is 1.19. The van der Waals surface area contributed by atoms with Crippen molar-refractivity contribution in [2.75, 3.05) is 12.3 Å². The van der Waals surface area contributed by atoms with Crippen LogP contribution in [0.3, 0.4) is 0 Å². The summed E-state index contributed by atoms with van der Waals surface area (Å²) in [6, 6.07) is 5.90. The first kappa shape index (κ1) is 20.1. The van der Waals surface area contributed by atoms with E-state index in [1.807, 2.05) is 0 Å². The molecule has 2 aromatic heterocycles. The molecule has 3 aromatic rings. The van der Waals surface area contributed by atoms with Crippen molar-refractivity contribution in [2.45, 2.75) is 11.9 Å². The van der Waals surface area contributed by atoms with Crippen LogP contribution in [0.1, 0.15) is 5.56 Å². The van der Waals surface area contributed by atoms with Crippen LogP contribution in [-0.4, -0.2) is 47.2 Å². The number of thioether (sulfide) groups is 1. The Morgan fingerprint density at radius 3 is 2.70 bits per heavy atom. The van der Waals surface area contributed by atoms with Gasteiger partial charge >= 0.3 is 5.69 Å². The molecule has 0 saturated carbocycles. The highest BCUT2D eigenvalue weighted by atomic mass is 32.2. The third kappa shape index (κ3) is 3.58. The Kier molecular flexibility index (Phi) is 5.33. The second-order valence-electron chi connectivity index (χ2n) is 7.02. The fourth-order valence-electron chi connectivity index (χ4n) is 3.47. The summed E-state index contributed by atoms with van der Waals surface area (Å²) < 4.78 is 17.1. The van der Waals surface area contributed by atoms with E-state index in [1.165, 1.54) is 36.2 Å². The lowest BCUT2D eigenvalue weighted by Crippen LogP contribution is -2.39. The molecular weight excluding hydrogens is 409 g/mol. The molecule has 0 spiro atoms. The number of amides is 1. The fourth-order valence-corrected chi connectivity index (χ4v) is 4.69. The molecule has 0 aliphatic carbocycles. The summed E-state index contributed by atoms with van der Waals surface area (Å²) in [6.07, 6.45) is 4.65. The van der Waals surface area contributed by atoms with Crippen LogP contribution in [0.15, 0.2) is 46.3 Å². The van der Waals surface area contributed by atoms with Gasteiger partial charge in [-0.1, -0.05) is 12.1 Å². The molecule has 1 aliphatic rings. The van der Waals surface area contributed by atoms with Crippen LogP contribution in [0, 0.1) is 5.82 Å². The minimum absolute atomic E-state index is 0.154. The van der Waals surface area contributed by atoms with Gasteiger partial charge in [-0.25, -0.2) is 14.2 Å². The van der Waals surface area contributed by atoms with Gasteiger partial charge in [0.25, 0.3) is 5.56 Å². The molecule has 0 radical (unpaired) electrons. The van der Waals surface area contributed by atoms with Gasteiger partial charge in [0.2, 0.25) is 5.91 Å². The Morgan fingerprint density at radius 1 is 1.23 bits per heavy atom. The van der Waals surface area contributed by atoms with Crippen LogP contribution in [-0.2, 0) is 25.4 Å². The second kappa shape index (κ2) is 7.94. The standard InChI is InChI=1S/C20H20FN5O3S/c1-23-18-17(19(28)24(2)20(23)29)25(12-22-18)11-16-26(9-10-30-16)15(27)8-5-13-3-6-14(21)7-4-13/h3-8,12,16H,9-11H2,1-2H3. The van der Waals surface area contributed by atoms with Crippen molar-refractivity contribution in [2.24, 2.45) is 14.1 Å². The quantitative estimate of drug-likeness (QED) is 0.582. The van der Waals surface area contributed by atoms with Crippen molar-refractivity contribution in [3.63, 3.8) is 0 Å². The molecule has 1 atom stereocenters. The smallest absolute Gasteiger partial charge is 0.325 e. The molecule has 10 heteroatoms. The number of aromatic nitrogens is 4. The van der Waals surface area contributed by atoms with E-state index >= 15 is 0 Å². The van der Waals surface area contributed by atoms with Crippen molar-refractivity contribution in [1.82, 2.24) is 23.6 Å². The van der Waals surface area contributed by atoms with E-state index in [0.29, 0.717) is 24.3 Å². The molecule has 1 fully saturated rings. The molecular formula is C20H20FN5O3S. The number of benzene rings is 1. The summed E-state index contributed by atoms with van der Waals surface area (Å²) >= 11 is 1.62. The maximum atomic E-state index is 13.0. The van der Waals surface area contributed by atoms with Gasteiger partial charge in [-0.2, -0.15) is 0 Å². The zero-order valence-electron chi connectivity index (χ0n) is 16.5. The number of aryl methyl sites for hydroxylation is 1. The Morgan fingerprint density at radius 2 is 1.97 bits per heavy atom. The number of hydrogen-bond acceptors (Lipinski definition) is 5. The lowest BCUT2D eigenvalue weighted by atomic mass is 10.2. The fraction of sp³-hybridized carbons (Fsp3) is 0.300. The zero-order chi connectivity index (χ0) is 21.4. The van der Waals surface area contributed by atoms with Crippen LogP contribution in [0.4, 0.5) is 4.39 Å². The number of hydrogen-bond donors (Lipinski definition) is 0. The highest BCUT2D eigenvalue weighted by Crippen LogP contribution is 2.26. The second-order valence-corrected chi connectivity index (χ2v) is 8.30. The van der Waals surface area contributed by atoms with Gasteiger partial charge in [0, 0.05) is 32.5 Å². The number of carbonyl (C=O) groups is 1. The molecule has 1 aromatic carbocycles. The molecule has 1 unspecified atom stereocenters. The molecule has 1 saturated heterocycles. The molecule has 1 aliphatic heterocycles. The largest absolute Gasteiger partial charge is 0.332 e. The van der Waals surface area contributed by atoms with Crippen molar-refractivity contribution < 1.29 is 9.18 Å². The van der Waals surface area contributed by atoms with Gasteiger partial charge < -0.3 is 9.47 Å². The number of halogens is 1. The summed E-state index contributed by atoms with van der Waals surface area (Å²) in [5.74, 6) is 0.300. The minimum Gasteiger partial charge on any atom is -0.325 e. The van der Waals surface area contributed by atoms with Crippen LogP contribution in [0.25, 0.3) is 17.2 Å². The molecule has 30 heavy (non-hydrogen) atoms. The summed E-state index contributed by atoms with van der Waals surface area (Å²) in [6.45, 7) is 0.968. The van der Waals surface area contributed by atoms with Crippen molar-refractivity contribution >= 4 is 34.9 Å². The summed E-state index contributed by atoms with van der Waals surface area (Å²) in [5, 5.41) is -0.172. The van der Waals surface area contributed by atoms with Crippen molar-refractivity contribution in [1.29, 1.82) is 0 Å². The topological polar surface area (TPSA) is 82.1 Å². The van der Waals surface area contributed by atoms with Gasteiger partial charge in [0.1, 0.15) is 5.82 Å². The normalized spacial score (nSPS) is 16.8. The zero-order valence-corrected chi connectivity index (χ0v) is 17.3. The Labute approximate surface area is 175 Å². The maximum Gasteiger partial charge on any atom is 0.332 e. The Hall–Kier alpha value is -3.14.